The molecule has 0 spiro atoms. The first kappa shape index (κ1) is 10.5. The average Bonchev–Trinajstić information content (AvgIpc) is 2.73. The lowest BCUT2D eigenvalue weighted by atomic mass is 10.2. The predicted octanol–water partition coefficient (Wildman–Crippen LogP) is 3.54. The van der Waals surface area contributed by atoms with Gasteiger partial charge in [-0.2, -0.15) is 0 Å². The third kappa shape index (κ3) is 2.53. The monoisotopic (exact) mass is 312 g/mol. The Morgan fingerprint density at radius 3 is 2.93 bits per heavy atom. The first-order chi connectivity index (χ1) is 7.27. The molecule has 3 heteroatoms. The van der Waals surface area contributed by atoms with Crippen LogP contribution in [0.15, 0.2) is 36.7 Å². The van der Waals surface area contributed by atoms with E-state index in [9.17, 15) is 0 Å². The lowest BCUT2D eigenvalue weighted by molar-refractivity contribution is 1.14. The molecule has 0 unspecified atom stereocenters. The molecule has 0 aliphatic carbocycles. The highest BCUT2D eigenvalue weighted by Crippen LogP contribution is 2.20. The van der Waals surface area contributed by atoms with Crippen molar-refractivity contribution in [1.29, 1.82) is 0 Å². The molecule has 2 N–H and O–H groups in total. The Bertz CT molecular complexity index is 435. The zero-order chi connectivity index (χ0) is 10.7. The van der Waals surface area contributed by atoms with Gasteiger partial charge in [0.05, 0.1) is 0 Å². The topological polar surface area (TPSA) is 27.8 Å². The van der Waals surface area contributed by atoms with Gasteiger partial charge in [0.25, 0.3) is 0 Å². The van der Waals surface area contributed by atoms with Gasteiger partial charge >= 0.3 is 0 Å². The van der Waals surface area contributed by atoms with Crippen LogP contribution in [0, 0.1) is 10.5 Å². The number of hydrogen-bond acceptors (Lipinski definition) is 1. The van der Waals surface area contributed by atoms with Gasteiger partial charge in [0, 0.05) is 28.2 Å². The zero-order valence-corrected chi connectivity index (χ0v) is 10.7. The van der Waals surface area contributed by atoms with Gasteiger partial charge in [0.1, 0.15) is 0 Å². The molecule has 78 valence electrons. The molecule has 1 heterocycles. The summed E-state index contributed by atoms with van der Waals surface area (Å²) in [6.07, 6.45) is 3.95. The van der Waals surface area contributed by atoms with E-state index in [2.05, 4.69) is 64.1 Å². The summed E-state index contributed by atoms with van der Waals surface area (Å²) < 4.78 is 1.30. The molecule has 2 aromatic rings. The van der Waals surface area contributed by atoms with Gasteiger partial charge in [-0.25, -0.2) is 0 Å². The van der Waals surface area contributed by atoms with Crippen molar-refractivity contribution in [2.75, 3.05) is 5.32 Å². The molecule has 1 aromatic heterocycles. The van der Waals surface area contributed by atoms with Gasteiger partial charge in [-0.1, -0.05) is 6.07 Å². The molecule has 0 radical (unpaired) electrons. The average molecular weight is 312 g/mol. The van der Waals surface area contributed by atoms with E-state index in [1.54, 1.807) is 0 Å². The van der Waals surface area contributed by atoms with E-state index < -0.39 is 0 Å². The number of H-pyrrole nitrogens is 1. The molecule has 2 nitrogen and oxygen atoms in total. The molecule has 0 amide bonds. The van der Waals surface area contributed by atoms with Crippen molar-refractivity contribution in [3.05, 3.63) is 51.4 Å². The van der Waals surface area contributed by atoms with Crippen LogP contribution in [-0.2, 0) is 6.54 Å². The number of nitrogens with one attached hydrogen (secondary N) is 2. The third-order valence-corrected chi connectivity index (χ3v) is 3.58. The van der Waals surface area contributed by atoms with Gasteiger partial charge in [-0.05, 0) is 58.8 Å². The van der Waals surface area contributed by atoms with Crippen LogP contribution in [0.4, 0.5) is 5.69 Å². The molecule has 2 rings (SSSR count). The Labute approximate surface area is 103 Å². The van der Waals surface area contributed by atoms with Crippen molar-refractivity contribution in [2.24, 2.45) is 0 Å². The number of rotatable bonds is 3. The fourth-order valence-electron chi connectivity index (χ4n) is 1.46. The number of hydrogen-bond donors (Lipinski definition) is 2. The number of anilines is 1. The highest BCUT2D eigenvalue weighted by atomic mass is 127. The Morgan fingerprint density at radius 2 is 2.20 bits per heavy atom. The summed E-state index contributed by atoms with van der Waals surface area (Å²) >= 11 is 2.36. The molecule has 0 bridgehead atoms. The molecule has 0 fully saturated rings. The maximum absolute atomic E-state index is 3.43. The molecule has 0 aliphatic heterocycles. The van der Waals surface area contributed by atoms with E-state index in [0.717, 1.165) is 6.54 Å². The maximum atomic E-state index is 3.43. The molecule has 0 saturated carbocycles. The molecule has 0 atom stereocenters. The third-order valence-electron chi connectivity index (χ3n) is 2.41. The van der Waals surface area contributed by atoms with Crippen LogP contribution in [0.3, 0.4) is 0 Å². The normalized spacial score (nSPS) is 10.3. The lowest BCUT2D eigenvalue weighted by Gasteiger charge is -2.09. The summed E-state index contributed by atoms with van der Waals surface area (Å²) in [5.74, 6) is 0. The van der Waals surface area contributed by atoms with Crippen LogP contribution in [0.25, 0.3) is 0 Å². The second kappa shape index (κ2) is 4.70. The van der Waals surface area contributed by atoms with Crippen molar-refractivity contribution in [3.63, 3.8) is 0 Å². The number of aromatic nitrogens is 1. The fourth-order valence-corrected chi connectivity index (χ4v) is 1.96. The van der Waals surface area contributed by atoms with Crippen LogP contribution >= 0.6 is 22.6 Å². The standard InChI is InChI=1S/C12H13IN2/c1-9-11(13)3-2-4-12(9)15-8-10-5-6-14-7-10/h2-7,14-15H,8H2,1H3. The Morgan fingerprint density at radius 1 is 1.33 bits per heavy atom. The van der Waals surface area contributed by atoms with E-state index in [1.807, 2.05) is 12.4 Å². The summed E-state index contributed by atoms with van der Waals surface area (Å²) in [5.41, 5.74) is 3.80. The van der Waals surface area contributed by atoms with Crippen molar-refractivity contribution in [1.82, 2.24) is 4.98 Å². The number of benzene rings is 1. The highest BCUT2D eigenvalue weighted by Gasteiger charge is 2.00. The zero-order valence-electron chi connectivity index (χ0n) is 8.55. The van der Waals surface area contributed by atoms with E-state index in [-0.39, 0.29) is 0 Å². The van der Waals surface area contributed by atoms with Gasteiger partial charge in [0.2, 0.25) is 0 Å². The van der Waals surface area contributed by atoms with Gasteiger partial charge < -0.3 is 10.3 Å². The smallest absolute Gasteiger partial charge is 0.0415 e. The minimum Gasteiger partial charge on any atom is -0.381 e. The van der Waals surface area contributed by atoms with E-state index in [0.29, 0.717) is 0 Å². The molecule has 1 aromatic carbocycles. The number of halogens is 1. The predicted molar refractivity (Wildman–Crippen MR) is 72.0 cm³/mol. The summed E-state index contributed by atoms with van der Waals surface area (Å²) in [5, 5.41) is 3.43. The summed E-state index contributed by atoms with van der Waals surface area (Å²) in [6, 6.07) is 8.39. The van der Waals surface area contributed by atoms with Crippen molar-refractivity contribution in [2.45, 2.75) is 13.5 Å². The maximum Gasteiger partial charge on any atom is 0.0415 e. The van der Waals surface area contributed by atoms with Gasteiger partial charge in [0.15, 0.2) is 0 Å². The van der Waals surface area contributed by atoms with E-state index in [4.69, 9.17) is 0 Å². The molecular weight excluding hydrogens is 299 g/mol. The Balaban J connectivity index is 2.08. The second-order valence-corrected chi connectivity index (χ2v) is 4.65. The molecule has 15 heavy (non-hydrogen) atoms. The lowest BCUT2D eigenvalue weighted by Crippen LogP contribution is -2.00. The van der Waals surface area contributed by atoms with Crippen molar-refractivity contribution >= 4 is 28.3 Å². The Hall–Kier alpha value is -0.970. The van der Waals surface area contributed by atoms with E-state index >= 15 is 0 Å². The Kier molecular flexibility index (Phi) is 3.30. The van der Waals surface area contributed by atoms with Crippen LogP contribution in [-0.4, -0.2) is 4.98 Å². The van der Waals surface area contributed by atoms with Gasteiger partial charge in [-0.3, -0.25) is 0 Å². The number of aromatic amines is 1. The largest absolute Gasteiger partial charge is 0.381 e. The van der Waals surface area contributed by atoms with Gasteiger partial charge in [-0.15, -0.1) is 0 Å². The summed E-state index contributed by atoms with van der Waals surface area (Å²) in [7, 11) is 0. The SMILES string of the molecule is Cc1c(I)cccc1NCc1cc[nH]c1. The molecule has 0 saturated heterocycles. The minimum atomic E-state index is 0.866. The van der Waals surface area contributed by atoms with E-state index in [1.165, 1.54) is 20.4 Å². The van der Waals surface area contributed by atoms with Crippen LogP contribution < -0.4 is 5.32 Å². The van der Waals surface area contributed by atoms with Crippen LogP contribution in [0.5, 0.6) is 0 Å². The van der Waals surface area contributed by atoms with Crippen molar-refractivity contribution < 1.29 is 0 Å². The quantitative estimate of drug-likeness (QED) is 0.834. The summed E-state index contributed by atoms with van der Waals surface area (Å²) in [6.45, 7) is 3.01. The minimum absolute atomic E-state index is 0.866. The second-order valence-electron chi connectivity index (χ2n) is 3.49. The molecular formula is C12H13IN2. The van der Waals surface area contributed by atoms with Crippen molar-refractivity contribution in [3.8, 4) is 0 Å². The highest BCUT2D eigenvalue weighted by molar-refractivity contribution is 14.1. The summed E-state index contributed by atoms with van der Waals surface area (Å²) in [4.78, 5) is 3.05. The van der Waals surface area contributed by atoms with Crippen LogP contribution in [0.2, 0.25) is 0 Å². The molecule has 0 aliphatic rings. The first-order valence-corrected chi connectivity index (χ1v) is 5.96. The fraction of sp³-hybridized carbons (Fsp3) is 0.167. The van der Waals surface area contributed by atoms with Crippen LogP contribution in [0.1, 0.15) is 11.1 Å². The first-order valence-electron chi connectivity index (χ1n) is 4.88.